The van der Waals surface area contributed by atoms with E-state index in [9.17, 15) is 0 Å². The zero-order chi connectivity index (χ0) is 7.84. The van der Waals surface area contributed by atoms with Gasteiger partial charge in [0, 0.05) is 0 Å². The van der Waals surface area contributed by atoms with Gasteiger partial charge in [-0.25, -0.2) is 0 Å². The number of anilines is 2. The fraction of sp³-hybridized carbons (Fsp3) is 0.333. The summed E-state index contributed by atoms with van der Waals surface area (Å²) in [5.74, 6) is 0.762. The quantitative estimate of drug-likeness (QED) is 0.716. The number of nitrogen functional groups attached to an aromatic ring is 2. The van der Waals surface area contributed by atoms with E-state index in [0.717, 1.165) is 11.6 Å². The van der Waals surface area contributed by atoms with Crippen LogP contribution in [0.25, 0.3) is 0 Å². The molecule has 2 nitrogen and oxygen atoms in total. The van der Waals surface area contributed by atoms with E-state index in [-0.39, 0.29) is 24.8 Å². The van der Waals surface area contributed by atoms with Gasteiger partial charge in [-0.3, -0.25) is 0 Å². The molecule has 0 aliphatic heterocycles. The molecule has 0 heterocycles. The number of hydrogen-bond donors (Lipinski definition) is 2. The molecule has 13 heavy (non-hydrogen) atoms. The van der Waals surface area contributed by atoms with Gasteiger partial charge in [-0.15, -0.1) is 24.8 Å². The highest BCUT2D eigenvalue weighted by atomic mass is 35.5. The van der Waals surface area contributed by atoms with E-state index in [4.69, 9.17) is 11.5 Å². The lowest BCUT2D eigenvalue weighted by Crippen LogP contribution is -1.94. The minimum absolute atomic E-state index is 0. The van der Waals surface area contributed by atoms with Gasteiger partial charge in [0.15, 0.2) is 0 Å². The van der Waals surface area contributed by atoms with Gasteiger partial charge < -0.3 is 11.5 Å². The third-order valence-corrected chi connectivity index (χ3v) is 2.16. The van der Waals surface area contributed by atoms with Crippen LogP contribution in [0, 0.1) is 0 Å². The van der Waals surface area contributed by atoms with Crippen molar-refractivity contribution in [3.8, 4) is 0 Å². The standard InChI is InChI=1S/C9H12N2.2ClH/c10-8-4-3-7(5-9(8)11)6-1-2-6;;/h3-6H,1-2,10-11H2;2*1H. The van der Waals surface area contributed by atoms with Crippen molar-refractivity contribution in [2.24, 2.45) is 0 Å². The average Bonchev–Trinajstić information content (AvgIpc) is 2.77. The zero-order valence-electron chi connectivity index (χ0n) is 7.19. The second-order valence-electron chi connectivity index (χ2n) is 3.16. The Morgan fingerprint density at radius 3 is 2.08 bits per heavy atom. The summed E-state index contributed by atoms with van der Waals surface area (Å²) in [6.45, 7) is 0. The van der Waals surface area contributed by atoms with Gasteiger partial charge in [-0.05, 0) is 36.5 Å². The molecule has 1 aromatic rings. The lowest BCUT2D eigenvalue weighted by atomic mass is 10.1. The molecule has 0 atom stereocenters. The Labute approximate surface area is 90.5 Å². The van der Waals surface area contributed by atoms with Gasteiger partial charge in [0.2, 0.25) is 0 Å². The van der Waals surface area contributed by atoms with Crippen molar-refractivity contribution >= 4 is 36.2 Å². The van der Waals surface area contributed by atoms with Crippen LogP contribution in [0.4, 0.5) is 11.4 Å². The Hall–Kier alpha value is -0.600. The molecule has 74 valence electrons. The molecule has 4 N–H and O–H groups in total. The summed E-state index contributed by atoms with van der Waals surface area (Å²) < 4.78 is 0. The largest absolute Gasteiger partial charge is 0.397 e. The van der Waals surface area contributed by atoms with E-state index in [0.29, 0.717) is 5.69 Å². The lowest BCUT2D eigenvalue weighted by molar-refractivity contribution is 1.13. The average molecular weight is 221 g/mol. The van der Waals surface area contributed by atoms with Crippen molar-refractivity contribution in [3.63, 3.8) is 0 Å². The van der Waals surface area contributed by atoms with Crippen LogP contribution in [-0.2, 0) is 0 Å². The van der Waals surface area contributed by atoms with Crippen molar-refractivity contribution < 1.29 is 0 Å². The lowest BCUT2D eigenvalue weighted by Gasteiger charge is -2.02. The van der Waals surface area contributed by atoms with Gasteiger partial charge in [0.25, 0.3) is 0 Å². The first-order valence-corrected chi connectivity index (χ1v) is 3.92. The first kappa shape index (κ1) is 12.4. The maximum Gasteiger partial charge on any atom is 0.0550 e. The van der Waals surface area contributed by atoms with Crippen LogP contribution in [0.15, 0.2) is 18.2 Å². The monoisotopic (exact) mass is 220 g/mol. The number of nitrogens with two attached hydrogens (primary N) is 2. The normalized spacial score (nSPS) is 14.2. The van der Waals surface area contributed by atoms with Gasteiger partial charge >= 0.3 is 0 Å². The SMILES string of the molecule is Cl.Cl.Nc1ccc(C2CC2)cc1N. The molecule has 1 aliphatic rings. The molecule has 1 saturated carbocycles. The molecular weight excluding hydrogens is 207 g/mol. The summed E-state index contributed by atoms with van der Waals surface area (Å²) in [5.41, 5.74) is 14.0. The topological polar surface area (TPSA) is 52.0 Å². The maximum atomic E-state index is 5.66. The molecule has 1 fully saturated rings. The van der Waals surface area contributed by atoms with E-state index in [1.54, 1.807) is 0 Å². The Morgan fingerprint density at radius 1 is 1.00 bits per heavy atom. The predicted molar refractivity (Wildman–Crippen MR) is 61.7 cm³/mol. The summed E-state index contributed by atoms with van der Waals surface area (Å²) >= 11 is 0. The minimum atomic E-state index is 0. The third-order valence-electron chi connectivity index (χ3n) is 2.16. The van der Waals surface area contributed by atoms with Crippen molar-refractivity contribution in [1.29, 1.82) is 0 Å². The molecule has 0 saturated heterocycles. The van der Waals surface area contributed by atoms with E-state index in [2.05, 4.69) is 6.07 Å². The van der Waals surface area contributed by atoms with Crippen LogP contribution in [0.1, 0.15) is 24.3 Å². The van der Waals surface area contributed by atoms with Gasteiger partial charge in [-0.1, -0.05) is 6.07 Å². The fourth-order valence-electron chi connectivity index (χ4n) is 1.26. The molecule has 1 aromatic carbocycles. The molecule has 1 aliphatic carbocycles. The number of rotatable bonds is 1. The van der Waals surface area contributed by atoms with Crippen molar-refractivity contribution in [2.75, 3.05) is 11.5 Å². The van der Waals surface area contributed by atoms with Crippen molar-refractivity contribution in [3.05, 3.63) is 23.8 Å². The predicted octanol–water partition coefficient (Wildman–Crippen LogP) is 2.57. The fourth-order valence-corrected chi connectivity index (χ4v) is 1.26. The van der Waals surface area contributed by atoms with Crippen molar-refractivity contribution in [1.82, 2.24) is 0 Å². The van der Waals surface area contributed by atoms with E-state index >= 15 is 0 Å². The van der Waals surface area contributed by atoms with Crippen LogP contribution in [0.2, 0.25) is 0 Å². The molecule has 0 unspecified atom stereocenters. The molecule has 0 amide bonds. The molecule has 0 spiro atoms. The van der Waals surface area contributed by atoms with E-state index in [1.165, 1.54) is 18.4 Å². The summed E-state index contributed by atoms with van der Waals surface area (Å²) in [5, 5.41) is 0. The highest BCUT2D eigenvalue weighted by Gasteiger charge is 2.23. The van der Waals surface area contributed by atoms with Gasteiger partial charge in [0.1, 0.15) is 0 Å². The third kappa shape index (κ3) is 2.68. The zero-order valence-corrected chi connectivity index (χ0v) is 8.83. The Bertz CT molecular complexity index is 285. The van der Waals surface area contributed by atoms with Crippen LogP contribution >= 0.6 is 24.8 Å². The highest BCUT2D eigenvalue weighted by Crippen LogP contribution is 2.41. The van der Waals surface area contributed by atoms with Crippen LogP contribution < -0.4 is 11.5 Å². The highest BCUT2D eigenvalue weighted by molar-refractivity contribution is 5.85. The second-order valence-corrected chi connectivity index (χ2v) is 3.16. The first-order valence-electron chi connectivity index (χ1n) is 3.92. The molecule has 0 aromatic heterocycles. The molecule has 0 radical (unpaired) electrons. The molecular formula is C9H14Cl2N2. The Balaban J connectivity index is 0.000000720. The van der Waals surface area contributed by atoms with Crippen LogP contribution in [0.3, 0.4) is 0 Å². The first-order chi connectivity index (χ1) is 5.27. The summed E-state index contributed by atoms with van der Waals surface area (Å²) in [6.07, 6.45) is 2.62. The summed E-state index contributed by atoms with van der Waals surface area (Å²) in [7, 11) is 0. The molecule has 4 heteroatoms. The van der Waals surface area contributed by atoms with Crippen LogP contribution in [0.5, 0.6) is 0 Å². The summed E-state index contributed by atoms with van der Waals surface area (Å²) in [6, 6.07) is 5.96. The summed E-state index contributed by atoms with van der Waals surface area (Å²) in [4.78, 5) is 0. The van der Waals surface area contributed by atoms with Gasteiger partial charge in [-0.2, -0.15) is 0 Å². The number of hydrogen-bond acceptors (Lipinski definition) is 2. The van der Waals surface area contributed by atoms with Gasteiger partial charge in [0.05, 0.1) is 11.4 Å². The molecule has 0 bridgehead atoms. The minimum Gasteiger partial charge on any atom is -0.397 e. The number of benzene rings is 1. The number of halogens is 2. The maximum absolute atomic E-state index is 5.66. The van der Waals surface area contributed by atoms with E-state index in [1.807, 2.05) is 12.1 Å². The Morgan fingerprint density at radius 2 is 1.62 bits per heavy atom. The smallest absolute Gasteiger partial charge is 0.0550 e. The second kappa shape index (κ2) is 4.58. The van der Waals surface area contributed by atoms with Crippen LogP contribution in [-0.4, -0.2) is 0 Å². The van der Waals surface area contributed by atoms with Crippen molar-refractivity contribution in [2.45, 2.75) is 18.8 Å². The molecule has 2 rings (SSSR count). The van der Waals surface area contributed by atoms with E-state index < -0.39 is 0 Å². The Kier molecular flexibility index (Phi) is 4.37.